The monoisotopic (exact) mass is 345 g/mol. The topological polar surface area (TPSA) is 42.2 Å². The van der Waals surface area contributed by atoms with Crippen LogP contribution in [0.4, 0.5) is 4.39 Å². The fraction of sp³-hybridized carbons (Fsp3) is 0.600. The van der Waals surface area contributed by atoms with Crippen molar-refractivity contribution in [3.05, 3.63) is 47.4 Å². The largest absolute Gasteiger partial charge is 0.339 e. The van der Waals surface area contributed by atoms with E-state index in [4.69, 9.17) is 4.52 Å². The molecular formula is C20H28FN3O. The minimum atomic E-state index is -0.160. The number of nitrogens with zero attached hydrogens (tertiary/aromatic N) is 3. The maximum atomic E-state index is 14.1. The van der Waals surface area contributed by atoms with E-state index in [1.54, 1.807) is 6.07 Å². The smallest absolute Gasteiger partial charge is 0.232 e. The summed E-state index contributed by atoms with van der Waals surface area (Å²) in [5.74, 6) is 1.19. The molecule has 3 rings (SSSR count). The van der Waals surface area contributed by atoms with Gasteiger partial charge in [0.05, 0.1) is 6.54 Å². The lowest BCUT2D eigenvalue weighted by Gasteiger charge is -2.33. The number of benzene rings is 1. The van der Waals surface area contributed by atoms with Gasteiger partial charge in [0, 0.05) is 23.6 Å². The molecule has 0 spiro atoms. The first-order valence-electron chi connectivity index (χ1n) is 9.24. The molecule has 0 aliphatic heterocycles. The van der Waals surface area contributed by atoms with Crippen molar-refractivity contribution in [1.29, 1.82) is 0 Å². The van der Waals surface area contributed by atoms with Gasteiger partial charge < -0.3 is 4.52 Å². The van der Waals surface area contributed by atoms with Crippen LogP contribution >= 0.6 is 0 Å². The Bertz CT molecular complexity index is 686. The molecule has 0 unspecified atom stereocenters. The van der Waals surface area contributed by atoms with Crippen LogP contribution in [0.3, 0.4) is 0 Å². The van der Waals surface area contributed by atoms with Gasteiger partial charge in [-0.25, -0.2) is 4.39 Å². The predicted octanol–water partition coefficient (Wildman–Crippen LogP) is 4.84. The zero-order valence-corrected chi connectivity index (χ0v) is 15.5. The summed E-state index contributed by atoms with van der Waals surface area (Å²) in [6.07, 6.45) is 6.06. The van der Waals surface area contributed by atoms with Gasteiger partial charge in [0.15, 0.2) is 5.82 Å². The quantitative estimate of drug-likeness (QED) is 0.777. The Labute approximate surface area is 149 Å². The van der Waals surface area contributed by atoms with E-state index in [2.05, 4.69) is 35.8 Å². The lowest BCUT2D eigenvalue weighted by Crippen LogP contribution is -2.36. The number of hydrogen-bond donors (Lipinski definition) is 0. The third kappa shape index (κ3) is 4.66. The molecule has 1 fully saturated rings. The third-order valence-electron chi connectivity index (χ3n) is 4.88. The molecule has 1 aliphatic rings. The van der Waals surface area contributed by atoms with Crippen LogP contribution in [-0.4, -0.2) is 21.1 Å². The molecule has 1 aliphatic carbocycles. The predicted molar refractivity (Wildman–Crippen MR) is 95.5 cm³/mol. The zero-order chi connectivity index (χ0) is 17.9. The number of aromatic nitrogens is 2. The molecule has 4 nitrogen and oxygen atoms in total. The van der Waals surface area contributed by atoms with E-state index in [0.29, 0.717) is 30.8 Å². The fourth-order valence-electron chi connectivity index (χ4n) is 3.41. The van der Waals surface area contributed by atoms with Crippen LogP contribution in [-0.2, 0) is 18.5 Å². The van der Waals surface area contributed by atoms with Crippen LogP contribution in [0.5, 0.6) is 0 Å². The second-order valence-electron chi connectivity index (χ2n) is 8.05. The molecule has 1 heterocycles. The van der Waals surface area contributed by atoms with E-state index < -0.39 is 0 Å². The van der Waals surface area contributed by atoms with E-state index >= 15 is 0 Å². The van der Waals surface area contributed by atoms with E-state index in [1.165, 1.54) is 25.3 Å². The first-order valence-corrected chi connectivity index (χ1v) is 9.24. The Morgan fingerprint density at radius 3 is 2.48 bits per heavy atom. The highest BCUT2D eigenvalue weighted by Crippen LogP contribution is 2.26. The summed E-state index contributed by atoms with van der Waals surface area (Å²) in [5.41, 5.74) is 0.569. The average molecular weight is 345 g/mol. The van der Waals surface area contributed by atoms with Crippen molar-refractivity contribution < 1.29 is 8.91 Å². The van der Waals surface area contributed by atoms with Gasteiger partial charge in [-0.1, -0.05) is 63.4 Å². The van der Waals surface area contributed by atoms with E-state index in [-0.39, 0.29) is 11.2 Å². The third-order valence-corrected chi connectivity index (χ3v) is 4.88. The minimum Gasteiger partial charge on any atom is -0.339 e. The van der Waals surface area contributed by atoms with Crippen LogP contribution in [0.25, 0.3) is 0 Å². The van der Waals surface area contributed by atoms with E-state index in [0.717, 1.165) is 18.4 Å². The maximum Gasteiger partial charge on any atom is 0.232 e. The van der Waals surface area contributed by atoms with E-state index in [1.807, 2.05) is 12.1 Å². The van der Waals surface area contributed by atoms with Crippen molar-refractivity contribution in [2.45, 2.75) is 77.4 Å². The van der Waals surface area contributed by atoms with Gasteiger partial charge in [-0.05, 0) is 18.9 Å². The van der Waals surface area contributed by atoms with Gasteiger partial charge in [-0.15, -0.1) is 0 Å². The molecule has 0 N–H and O–H groups in total. The summed E-state index contributed by atoms with van der Waals surface area (Å²) in [6, 6.07) is 7.47. The van der Waals surface area contributed by atoms with Crippen molar-refractivity contribution in [3.8, 4) is 0 Å². The minimum absolute atomic E-state index is 0.146. The Morgan fingerprint density at radius 1 is 1.12 bits per heavy atom. The number of hydrogen-bond acceptors (Lipinski definition) is 4. The Hall–Kier alpha value is -1.75. The molecule has 1 saturated carbocycles. The van der Waals surface area contributed by atoms with E-state index in [9.17, 15) is 4.39 Å². The van der Waals surface area contributed by atoms with Crippen LogP contribution < -0.4 is 0 Å². The van der Waals surface area contributed by atoms with Gasteiger partial charge in [0.2, 0.25) is 5.89 Å². The molecule has 0 radical (unpaired) electrons. The summed E-state index contributed by atoms with van der Waals surface area (Å²) in [5, 5.41) is 4.16. The van der Waals surface area contributed by atoms with Crippen molar-refractivity contribution in [1.82, 2.24) is 15.0 Å². The highest BCUT2D eigenvalue weighted by Gasteiger charge is 2.26. The lowest BCUT2D eigenvalue weighted by molar-refractivity contribution is 0.133. The van der Waals surface area contributed by atoms with Crippen LogP contribution in [0.1, 0.15) is 70.2 Å². The second kappa shape index (κ2) is 7.65. The Kier molecular flexibility index (Phi) is 5.52. The summed E-state index contributed by atoms with van der Waals surface area (Å²) in [4.78, 5) is 6.88. The lowest BCUT2D eigenvalue weighted by atomic mass is 9.93. The molecule has 0 saturated heterocycles. The van der Waals surface area contributed by atoms with Crippen molar-refractivity contribution in [3.63, 3.8) is 0 Å². The molecule has 25 heavy (non-hydrogen) atoms. The van der Waals surface area contributed by atoms with Crippen LogP contribution in [0, 0.1) is 5.82 Å². The van der Waals surface area contributed by atoms with Gasteiger partial charge in [0.25, 0.3) is 0 Å². The molecule has 1 aromatic heterocycles. The molecule has 1 aromatic carbocycles. The molecule has 0 amide bonds. The van der Waals surface area contributed by atoms with Crippen molar-refractivity contribution in [2.24, 2.45) is 0 Å². The van der Waals surface area contributed by atoms with Gasteiger partial charge in [0.1, 0.15) is 5.82 Å². The van der Waals surface area contributed by atoms with Gasteiger partial charge in [-0.3, -0.25) is 4.90 Å². The molecule has 5 heteroatoms. The first kappa shape index (κ1) is 18.1. The Morgan fingerprint density at radius 2 is 1.84 bits per heavy atom. The molecular weight excluding hydrogens is 317 g/mol. The summed E-state index contributed by atoms with van der Waals surface area (Å²) in [7, 11) is 0. The first-order chi connectivity index (χ1) is 11.9. The molecule has 136 valence electrons. The fourth-order valence-corrected chi connectivity index (χ4v) is 3.41. The summed E-state index contributed by atoms with van der Waals surface area (Å²) >= 11 is 0. The standard InChI is InChI=1S/C20H28FN3O/c1-20(2,3)19-22-18(23-25-19)14-24(16-10-5-4-6-11-16)13-15-9-7-8-12-17(15)21/h7-9,12,16H,4-6,10-11,13-14H2,1-3H3. The Balaban J connectivity index is 1.78. The number of rotatable bonds is 5. The van der Waals surface area contributed by atoms with Crippen molar-refractivity contribution >= 4 is 0 Å². The summed E-state index contributed by atoms with van der Waals surface area (Å²) < 4.78 is 19.6. The van der Waals surface area contributed by atoms with Gasteiger partial charge in [-0.2, -0.15) is 4.98 Å². The van der Waals surface area contributed by atoms with Crippen LogP contribution in [0.15, 0.2) is 28.8 Å². The molecule has 0 atom stereocenters. The second-order valence-corrected chi connectivity index (χ2v) is 8.05. The highest BCUT2D eigenvalue weighted by atomic mass is 19.1. The average Bonchev–Trinajstić information content (AvgIpc) is 3.06. The van der Waals surface area contributed by atoms with Crippen LogP contribution in [0.2, 0.25) is 0 Å². The molecule has 0 bridgehead atoms. The number of halogens is 1. The highest BCUT2D eigenvalue weighted by molar-refractivity contribution is 5.17. The zero-order valence-electron chi connectivity index (χ0n) is 15.5. The normalized spacial score (nSPS) is 16.5. The van der Waals surface area contributed by atoms with Crippen molar-refractivity contribution in [2.75, 3.05) is 0 Å². The molecule has 2 aromatic rings. The summed E-state index contributed by atoms with van der Waals surface area (Å²) in [6.45, 7) is 7.35. The SMILES string of the molecule is CC(C)(C)c1nc(CN(Cc2ccccc2F)C2CCCCC2)no1. The van der Waals surface area contributed by atoms with Gasteiger partial charge >= 0.3 is 0 Å². The maximum absolute atomic E-state index is 14.1.